The molecule has 1 aliphatic carbocycles. The summed E-state index contributed by atoms with van der Waals surface area (Å²) in [4.78, 5) is 13.3. The van der Waals surface area contributed by atoms with Gasteiger partial charge in [-0.05, 0) is 12.8 Å². The fourth-order valence-electron chi connectivity index (χ4n) is 2.06. The monoisotopic (exact) mass is 200 g/mol. The van der Waals surface area contributed by atoms with Crippen molar-refractivity contribution in [2.75, 3.05) is 24.6 Å². The second kappa shape index (κ2) is 3.88. The van der Waals surface area contributed by atoms with Crippen molar-refractivity contribution >= 4 is 17.7 Å². The van der Waals surface area contributed by atoms with Crippen LogP contribution in [0.25, 0.3) is 0 Å². The first-order chi connectivity index (χ1) is 6.27. The second-order valence-corrected chi connectivity index (χ2v) is 5.10. The summed E-state index contributed by atoms with van der Waals surface area (Å²) in [7, 11) is 0. The van der Waals surface area contributed by atoms with Gasteiger partial charge in [-0.2, -0.15) is 11.8 Å². The molecular formula is C9H16N2OS. The van der Waals surface area contributed by atoms with Crippen LogP contribution in [-0.4, -0.2) is 41.4 Å². The topological polar surface area (TPSA) is 46.3 Å². The lowest BCUT2D eigenvalue weighted by molar-refractivity contribution is -0.126. The lowest BCUT2D eigenvalue weighted by atomic mass is 9.79. The molecule has 0 bridgehead atoms. The van der Waals surface area contributed by atoms with E-state index in [2.05, 4.69) is 4.90 Å². The second-order valence-electron chi connectivity index (χ2n) is 3.87. The maximum atomic E-state index is 10.8. The van der Waals surface area contributed by atoms with E-state index in [1.807, 2.05) is 11.8 Å². The minimum absolute atomic E-state index is 0.109. The van der Waals surface area contributed by atoms with Crippen molar-refractivity contribution in [3.05, 3.63) is 0 Å². The van der Waals surface area contributed by atoms with E-state index < -0.39 is 0 Å². The van der Waals surface area contributed by atoms with Crippen molar-refractivity contribution in [2.45, 2.75) is 18.9 Å². The summed E-state index contributed by atoms with van der Waals surface area (Å²) < 4.78 is 0. The van der Waals surface area contributed by atoms with Gasteiger partial charge in [0.1, 0.15) is 0 Å². The number of rotatable bonds is 2. The van der Waals surface area contributed by atoms with E-state index in [0.717, 1.165) is 12.8 Å². The third kappa shape index (κ3) is 1.99. The van der Waals surface area contributed by atoms with E-state index >= 15 is 0 Å². The van der Waals surface area contributed by atoms with Gasteiger partial charge in [0.15, 0.2) is 0 Å². The number of nitrogens with zero attached hydrogens (tertiary/aromatic N) is 1. The van der Waals surface area contributed by atoms with Crippen LogP contribution in [0.5, 0.6) is 0 Å². The molecule has 2 aliphatic rings. The molecule has 1 heterocycles. The van der Waals surface area contributed by atoms with E-state index in [-0.39, 0.29) is 11.8 Å². The number of nitrogens with two attached hydrogens (primary N) is 1. The van der Waals surface area contributed by atoms with Gasteiger partial charge >= 0.3 is 0 Å². The number of amides is 1. The van der Waals surface area contributed by atoms with Crippen LogP contribution < -0.4 is 5.73 Å². The van der Waals surface area contributed by atoms with Crippen LogP contribution in [0.15, 0.2) is 0 Å². The Hall–Kier alpha value is -0.220. The molecule has 2 rings (SSSR count). The van der Waals surface area contributed by atoms with Gasteiger partial charge in [-0.25, -0.2) is 0 Å². The SMILES string of the molecule is NC(=O)C1CC(N2CCSCC2)C1. The zero-order valence-electron chi connectivity index (χ0n) is 7.74. The maximum Gasteiger partial charge on any atom is 0.220 e. The Morgan fingerprint density at radius 1 is 1.31 bits per heavy atom. The molecule has 3 nitrogen and oxygen atoms in total. The van der Waals surface area contributed by atoms with Gasteiger partial charge in [0, 0.05) is 36.6 Å². The smallest absolute Gasteiger partial charge is 0.220 e. The predicted octanol–water partition coefficient (Wildman–Crippen LogP) is 0.299. The highest BCUT2D eigenvalue weighted by atomic mass is 32.2. The van der Waals surface area contributed by atoms with Crippen molar-refractivity contribution in [1.82, 2.24) is 4.90 Å². The molecule has 1 aliphatic heterocycles. The van der Waals surface area contributed by atoms with Crippen LogP contribution in [0.4, 0.5) is 0 Å². The first kappa shape index (κ1) is 9.34. The van der Waals surface area contributed by atoms with Gasteiger partial charge < -0.3 is 5.73 Å². The molecule has 2 fully saturated rings. The Kier molecular flexibility index (Phi) is 2.79. The number of hydrogen-bond acceptors (Lipinski definition) is 3. The molecule has 0 spiro atoms. The number of hydrogen-bond donors (Lipinski definition) is 1. The van der Waals surface area contributed by atoms with Crippen LogP contribution in [0.2, 0.25) is 0 Å². The Bertz CT molecular complexity index is 198. The van der Waals surface area contributed by atoms with Crippen molar-refractivity contribution in [2.24, 2.45) is 11.7 Å². The molecule has 2 N–H and O–H groups in total. The number of carbonyl (C=O) groups excluding carboxylic acids is 1. The Balaban J connectivity index is 1.75. The summed E-state index contributed by atoms with van der Waals surface area (Å²) in [5.74, 6) is 2.55. The molecule has 0 aromatic carbocycles. The number of thioether (sulfide) groups is 1. The van der Waals surface area contributed by atoms with Gasteiger partial charge in [0.05, 0.1) is 0 Å². The quantitative estimate of drug-likeness (QED) is 0.697. The molecule has 1 amide bonds. The van der Waals surface area contributed by atoms with E-state index in [9.17, 15) is 4.79 Å². The van der Waals surface area contributed by atoms with Gasteiger partial charge in [-0.15, -0.1) is 0 Å². The molecule has 74 valence electrons. The third-order valence-corrected chi connectivity index (χ3v) is 4.02. The molecule has 0 radical (unpaired) electrons. The highest BCUT2D eigenvalue weighted by Gasteiger charge is 2.36. The molecule has 0 atom stereocenters. The van der Waals surface area contributed by atoms with E-state index in [4.69, 9.17) is 5.73 Å². The minimum Gasteiger partial charge on any atom is -0.369 e. The molecule has 1 saturated carbocycles. The first-order valence-corrected chi connectivity index (χ1v) is 6.04. The minimum atomic E-state index is -0.109. The average molecular weight is 200 g/mol. The summed E-state index contributed by atoms with van der Waals surface area (Å²) in [5, 5.41) is 0. The van der Waals surface area contributed by atoms with Crippen LogP contribution in [0.3, 0.4) is 0 Å². The zero-order valence-corrected chi connectivity index (χ0v) is 8.55. The Labute approximate surface area is 83.0 Å². The standard InChI is InChI=1S/C9H16N2OS/c10-9(12)7-5-8(6-7)11-1-3-13-4-2-11/h7-8H,1-6H2,(H2,10,12). The number of primary amides is 1. The summed E-state index contributed by atoms with van der Waals surface area (Å²) in [6, 6.07) is 0.651. The van der Waals surface area contributed by atoms with Crippen molar-refractivity contribution in [1.29, 1.82) is 0 Å². The number of carbonyl (C=O) groups is 1. The molecule has 0 aromatic heterocycles. The lowest BCUT2D eigenvalue weighted by Gasteiger charge is -2.43. The molecule has 1 saturated heterocycles. The van der Waals surface area contributed by atoms with Crippen LogP contribution in [0, 0.1) is 5.92 Å². The highest BCUT2D eigenvalue weighted by Crippen LogP contribution is 2.32. The van der Waals surface area contributed by atoms with Crippen LogP contribution >= 0.6 is 11.8 Å². The summed E-state index contributed by atoms with van der Waals surface area (Å²) in [5.41, 5.74) is 5.23. The highest BCUT2D eigenvalue weighted by molar-refractivity contribution is 7.99. The van der Waals surface area contributed by atoms with Gasteiger partial charge in [-0.3, -0.25) is 9.69 Å². The fourth-order valence-corrected chi connectivity index (χ4v) is 2.99. The van der Waals surface area contributed by atoms with Crippen molar-refractivity contribution in [3.63, 3.8) is 0 Å². The maximum absolute atomic E-state index is 10.8. The predicted molar refractivity (Wildman–Crippen MR) is 54.6 cm³/mol. The molecule has 0 unspecified atom stereocenters. The third-order valence-electron chi connectivity index (χ3n) is 3.08. The molecule has 0 aromatic rings. The molecule has 13 heavy (non-hydrogen) atoms. The fraction of sp³-hybridized carbons (Fsp3) is 0.889. The first-order valence-electron chi connectivity index (χ1n) is 4.88. The van der Waals surface area contributed by atoms with E-state index in [0.29, 0.717) is 6.04 Å². The molecule has 4 heteroatoms. The Morgan fingerprint density at radius 3 is 2.46 bits per heavy atom. The van der Waals surface area contributed by atoms with E-state index in [1.165, 1.54) is 24.6 Å². The zero-order chi connectivity index (χ0) is 9.26. The Morgan fingerprint density at radius 2 is 1.92 bits per heavy atom. The van der Waals surface area contributed by atoms with Gasteiger partial charge in [0.2, 0.25) is 5.91 Å². The van der Waals surface area contributed by atoms with Crippen LogP contribution in [-0.2, 0) is 4.79 Å². The average Bonchev–Trinajstić information content (AvgIpc) is 2.02. The van der Waals surface area contributed by atoms with Gasteiger partial charge in [-0.1, -0.05) is 0 Å². The normalized spacial score (nSPS) is 35.4. The summed E-state index contributed by atoms with van der Waals surface area (Å²) in [6.45, 7) is 2.39. The van der Waals surface area contributed by atoms with Gasteiger partial charge in [0.25, 0.3) is 0 Å². The van der Waals surface area contributed by atoms with Crippen molar-refractivity contribution < 1.29 is 4.79 Å². The van der Waals surface area contributed by atoms with Crippen molar-refractivity contribution in [3.8, 4) is 0 Å². The molecular weight excluding hydrogens is 184 g/mol. The summed E-state index contributed by atoms with van der Waals surface area (Å²) in [6.07, 6.45) is 2.00. The largest absolute Gasteiger partial charge is 0.369 e. The van der Waals surface area contributed by atoms with Crippen LogP contribution in [0.1, 0.15) is 12.8 Å². The lowest BCUT2D eigenvalue weighted by Crippen LogP contribution is -2.51. The summed E-state index contributed by atoms with van der Waals surface area (Å²) >= 11 is 2.02. The van der Waals surface area contributed by atoms with E-state index in [1.54, 1.807) is 0 Å².